The lowest BCUT2D eigenvalue weighted by atomic mass is 10.5. The van der Waals surface area contributed by atoms with Crippen LogP contribution in [0.15, 0.2) is 4.76 Å². The minimum Gasteiger partial charge on any atom is -0.312 e. The molecule has 0 aromatic rings. The molecule has 9 heavy (non-hydrogen) atoms. The molecule has 0 aromatic carbocycles. The molecule has 0 saturated carbocycles. The Labute approximate surface area is 55.6 Å². The molecular formula is C5H12NO2P. The van der Waals surface area contributed by atoms with Gasteiger partial charge in [0, 0.05) is 6.66 Å². The first kappa shape index (κ1) is 8.86. The molecule has 0 amide bonds. The van der Waals surface area contributed by atoms with E-state index in [2.05, 4.69) is 11.5 Å². The van der Waals surface area contributed by atoms with Crippen molar-refractivity contribution in [3.63, 3.8) is 0 Å². The predicted octanol–water partition coefficient (Wildman–Crippen LogP) is 1.94. The third-order valence-electron chi connectivity index (χ3n) is 0.792. The molecule has 0 aliphatic rings. The molecule has 0 N–H and O–H groups in total. The zero-order valence-electron chi connectivity index (χ0n) is 5.83. The Balaban J connectivity index is 3.59. The van der Waals surface area contributed by atoms with E-state index in [1.807, 2.05) is 6.92 Å². The van der Waals surface area contributed by atoms with Crippen LogP contribution in [-0.2, 0) is 9.09 Å². The quantitative estimate of drug-likeness (QED) is 0.452. The van der Waals surface area contributed by atoms with Crippen molar-refractivity contribution in [2.75, 3.05) is 13.3 Å². The Hall–Kier alpha value is -0.140. The molecular weight excluding hydrogens is 137 g/mol. The molecule has 4 heteroatoms. The van der Waals surface area contributed by atoms with Gasteiger partial charge in [0.2, 0.25) is 0 Å². The summed E-state index contributed by atoms with van der Waals surface area (Å²) in [6.07, 6.45) is 0.855. The molecule has 0 spiro atoms. The van der Waals surface area contributed by atoms with Gasteiger partial charge in [0.15, 0.2) is 0 Å². The number of hydrogen-bond acceptors (Lipinski definition) is 2. The molecule has 0 aliphatic heterocycles. The lowest BCUT2D eigenvalue weighted by molar-refractivity contribution is 0.318. The van der Waals surface area contributed by atoms with Crippen LogP contribution in [0.5, 0.6) is 0 Å². The van der Waals surface area contributed by atoms with Gasteiger partial charge in [-0.1, -0.05) is 6.92 Å². The molecule has 0 bridgehead atoms. The summed E-state index contributed by atoms with van der Waals surface area (Å²) in [4.78, 5) is 0. The molecule has 0 radical (unpaired) electrons. The average molecular weight is 149 g/mol. The normalized spacial score (nSPS) is 16.7. The maximum atomic E-state index is 10.9. The van der Waals surface area contributed by atoms with E-state index in [0.29, 0.717) is 6.61 Å². The van der Waals surface area contributed by atoms with Crippen LogP contribution in [0.25, 0.3) is 0 Å². The van der Waals surface area contributed by atoms with Gasteiger partial charge in [0.05, 0.1) is 6.61 Å². The molecule has 54 valence electrons. The summed E-state index contributed by atoms with van der Waals surface area (Å²) in [6.45, 7) is 7.04. The summed E-state index contributed by atoms with van der Waals surface area (Å²) in [5, 5.41) is 0. The van der Waals surface area contributed by atoms with E-state index >= 15 is 0 Å². The fourth-order valence-corrected chi connectivity index (χ4v) is 0.904. The lowest BCUT2D eigenvalue weighted by Crippen LogP contribution is -1.86. The van der Waals surface area contributed by atoms with Crippen molar-refractivity contribution in [3.8, 4) is 0 Å². The van der Waals surface area contributed by atoms with Crippen LogP contribution in [0.1, 0.15) is 13.3 Å². The largest absolute Gasteiger partial charge is 0.312 e. The second-order valence-electron chi connectivity index (χ2n) is 1.78. The van der Waals surface area contributed by atoms with Crippen LogP contribution >= 0.6 is 7.52 Å². The molecule has 0 rings (SSSR count). The molecule has 0 heterocycles. The van der Waals surface area contributed by atoms with Crippen molar-refractivity contribution in [1.29, 1.82) is 0 Å². The fourth-order valence-electron chi connectivity index (χ4n) is 0.301. The Morgan fingerprint density at radius 3 is 2.67 bits per heavy atom. The molecule has 3 nitrogen and oxygen atoms in total. The van der Waals surface area contributed by atoms with Gasteiger partial charge in [0.1, 0.15) is 0 Å². The maximum Gasteiger partial charge on any atom is 0.310 e. The highest BCUT2D eigenvalue weighted by atomic mass is 31.2. The van der Waals surface area contributed by atoms with Crippen LogP contribution in [-0.4, -0.2) is 20.0 Å². The van der Waals surface area contributed by atoms with Gasteiger partial charge >= 0.3 is 7.52 Å². The van der Waals surface area contributed by atoms with E-state index in [-0.39, 0.29) is 0 Å². The molecule has 0 aromatic heterocycles. The predicted molar refractivity (Wildman–Crippen MR) is 39.3 cm³/mol. The highest BCUT2D eigenvalue weighted by Crippen LogP contribution is 2.43. The average Bonchev–Trinajstić information content (AvgIpc) is 1.84. The Kier molecular flexibility index (Phi) is 3.75. The van der Waals surface area contributed by atoms with Gasteiger partial charge in [-0.2, -0.15) is 0 Å². The molecule has 0 aliphatic carbocycles. The van der Waals surface area contributed by atoms with Crippen molar-refractivity contribution in [2.24, 2.45) is 4.76 Å². The minimum atomic E-state index is -2.68. The summed E-state index contributed by atoms with van der Waals surface area (Å²) in [7, 11) is -2.68. The van der Waals surface area contributed by atoms with E-state index in [1.54, 1.807) is 0 Å². The van der Waals surface area contributed by atoms with Crippen molar-refractivity contribution < 1.29 is 9.09 Å². The Morgan fingerprint density at radius 2 is 2.33 bits per heavy atom. The van der Waals surface area contributed by atoms with Crippen LogP contribution in [0, 0.1) is 0 Å². The van der Waals surface area contributed by atoms with Crippen molar-refractivity contribution in [2.45, 2.75) is 13.3 Å². The van der Waals surface area contributed by atoms with E-state index in [0.717, 1.165) is 6.42 Å². The zero-order chi connectivity index (χ0) is 7.33. The third kappa shape index (κ3) is 4.37. The lowest BCUT2D eigenvalue weighted by Gasteiger charge is -2.04. The fraction of sp³-hybridized carbons (Fsp3) is 0.800. The molecule has 1 unspecified atom stereocenters. The first-order chi connectivity index (χ1) is 4.12. The van der Waals surface area contributed by atoms with Gasteiger partial charge in [-0.25, -0.2) is 4.76 Å². The monoisotopic (exact) mass is 149 g/mol. The minimum absolute atomic E-state index is 0.493. The standard InChI is InChI=1S/C5H12NO2P/c1-4-5-8-9(3,7)6-2/h2,4-5H2,1,3H3. The van der Waals surface area contributed by atoms with E-state index in [9.17, 15) is 4.57 Å². The molecule has 0 fully saturated rings. The third-order valence-corrected chi connectivity index (χ3v) is 1.97. The van der Waals surface area contributed by atoms with E-state index in [1.165, 1.54) is 6.66 Å². The molecule has 0 saturated heterocycles. The van der Waals surface area contributed by atoms with Crippen molar-refractivity contribution in [1.82, 2.24) is 0 Å². The summed E-state index contributed by atoms with van der Waals surface area (Å²) in [5.74, 6) is 0. The summed E-state index contributed by atoms with van der Waals surface area (Å²) in [6, 6.07) is 0. The first-order valence-electron chi connectivity index (χ1n) is 2.82. The number of nitrogens with zero attached hydrogens (tertiary/aromatic N) is 1. The van der Waals surface area contributed by atoms with Gasteiger partial charge in [-0.05, 0) is 13.1 Å². The van der Waals surface area contributed by atoms with Crippen LogP contribution in [0.4, 0.5) is 0 Å². The molecule has 1 atom stereocenters. The smallest absolute Gasteiger partial charge is 0.310 e. The summed E-state index contributed by atoms with van der Waals surface area (Å²) < 4.78 is 19.1. The second kappa shape index (κ2) is 3.80. The summed E-state index contributed by atoms with van der Waals surface area (Å²) >= 11 is 0. The number of rotatable bonds is 4. The SMILES string of the molecule is C=NP(C)(=O)OCCC. The number of hydrogen-bond donors (Lipinski definition) is 0. The van der Waals surface area contributed by atoms with E-state index in [4.69, 9.17) is 4.52 Å². The Bertz CT molecular complexity index is 135. The van der Waals surface area contributed by atoms with Gasteiger partial charge < -0.3 is 4.52 Å². The van der Waals surface area contributed by atoms with Gasteiger partial charge in [-0.15, -0.1) is 0 Å². The highest BCUT2D eigenvalue weighted by molar-refractivity contribution is 7.56. The van der Waals surface area contributed by atoms with Crippen LogP contribution in [0.3, 0.4) is 0 Å². The maximum absolute atomic E-state index is 10.9. The van der Waals surface area contributed by atoms with Gasteiger partial charge in [-0.3, -0.25) is 4.57 Å². The van der Waals surface area contributed by atoms with Gasteiger partial charge in [0.25, 0.3) is 0 Å². The summed E-state index contributed by atoms with van der Waals surface area (Å²) in [5.41, 5.74) is 0. The van der Waals surface area contributed by atoms with Crippen LogP contribution in [0.2, 0.25) is 0 Å². The van der Waals surface area contributed by atoms with E-state index < -0.39 is 7.52 Å². The second-order valence-corrected chi connectivity index (χ2v) is 3.92. The Morgan fingerprint density at radius 1 is 1.78 bits per heavy atom. The topological polar surface area (TPSA) is 38.7 Å². The van der Waals surface area contributed by atoms with Crippen molar-refractivity contribution >= 4 is 14.2 Å². The van der Waals surface area contributed by atoms with Crippen molar-refractivity contribution in [3.05, 3.63) is 0 Å². The van der Waals surface area contributed by atoms with Crippen LogP contribution < -0.4 is 0 Å². The first-order valence-corrected chi connectivity index (χ1v) is 4.85. The highest BCUT2D eigenvalue weighted by Gasteiger charge is 2.09. The zero-order valence-corrected chi connectivity index (χ0v) is 6.73.